The van der Waals surface area contributed by atoms with Gasteiger partial charge in [0.15, 0.2) is 17.3 Å². The van der Waals surface area contributed by atoms with Gasteiger partial charge in [0.25, 0.3) is 0 Å². The molecule has 0 saturated carbocycles. The van der Waals surface area contributed by atoms with Crippen molar-refractivity contribution in [2.24, 2.45) is 10.9 Å². The van der Waals surface area contributed by atoms with E-state index in [1.54, 1.807) is 12.1 Å². The lowest BCUT2D eigenvalue weighted by atomic mass is 10.3. The number of nitrogens with two attached hydrogens (primary N) is 1. The number of fused-ring (bicyclic) bond motifs is 1. The zero-order valence-electron chi connectivity index (χ0n) is 8.14. The predicted molar refractivity (Wildman–Crippen MR) is 59.2 cm³/mol. The minimum atomic E-state index is -0.00575. The molecule has 0 bridgehead atoms. The van der Waals surface area contributed by atoms with Crippen LogP contribution in [-0.2, 0) is 0 Å². The van der Waals surface area contributed by atoms with Crippen LogP contribution in [0.15, 0.2) is 21.8 Å². The van der Waals surface area contributed by atoms with Gasteiger partial charge in [0.2, 0.25) is 6.79 Å². The Morgan fingerprint density at radius 1 is 1.56 bits per heavy atom. The Hall–Kier alpha value is -1.63. The van der Waals surface area contributed by atoms with E-state index in [1.807, 2.05) is 0 Å². The first kappa shape index (κ1) is 10.9. The fraction of sp³-hybridized carbons (Fsp3) is 0.222. The van der Waals surface area contributed by atoms with Crippen LogP contribution in [0.25, 0.3) is 0 Å². The van der Waals surface area contributed by atoms with Crippen molar-refractivity contribution in [1.29, 1.82) is 0 Å². The van der Waals surface area contributed by atoms with Gasteiger partial charge in [0, 0.05) is 6.07 Å². The van der Waals surface area contributed by atoms with Crippen molar-refractivity contribution >= 4 is 21.8 Å². The number of hydrogen-bond donors (Lipinski definition) is 2. The zero-order chi connectivity index (χ0) is 11.5. The maximum atomic E-state index is 8.35. The normalized spacial score (nSPS) is 13.9. The lowest BCUT2D eigenvalue weighted by Gasteiger charge is -2.07. The smallest absolute Gasteiger partial charge is 0.231 e. The summed E-state index contributed by atoms with van der Waals surface area (Å²) in [6, 6.07) is 3.40. The maximum Gasteiger partial charge on any atom is 0.231 e. The van der Waals surface area contributed by atoms with E-state index in [-0.39, 0.29) is 19.2 Å². The molecule has 16 heavy (non-hydrogen) atoms. The number of ether oxygens (including phenoxy) is 3. The highest BCUT2D eigenvalue weighted by atomic mass is 79.9. The first-order chi connectivity index (χ1) is 7.70. The quantitative estimate of drug-likeness (QED) is 0.379. The number of oxime groups is 1. The van der Waals surface area contributed by atoms with Gasteiger partial charge < -0.3 is 25.2 Å². The molecule has 0 aliphatic carbocycles. The largest absolute Gasteiger partial charge is 0.485 e. The van der Waals surface area contributed by atoms with E-state index in [4.69, 9.17) is 25.2 Å². The highest BCUT2D eigenvalue weighted by Crippen LogP contribution is 2.42. The van der Waals surface area contributed by atoms with Gasteiger partial charge in [-0.15, -0.1) is 0 Å². The van der Waals surface area contributed by atoms with E-state index in [0.29, 0.717) is 17.2 Å². The molecule has 6 nitrogen and oxygen atoms in total. The predicted octanol–water partition coefficient (Wildman–Crippen LogP) is 1.30. The fourth-order valence-corrected chi connectivity index (χ4v) is 1.75. The molecule has 0 atom stereocenters. The SMILES string of the molecule is N/C(COc1cc(Br)c2c(c1)OCO2)=N\O. The van der Waals surface area contributed by atoms with Gasteiger partial charge in [0.1, 0.15) is 12.4 Å². The number of halogens is 1. The van der Waals surface area contributed by atoms with Crippen LogP contribution in [0.4, 0.5) is 0 Å². The minimum absolute atomic E-state index is 0.00256. The van der Waals surface area contributed by atoms with Crippen molar-refractivity contribution in [3.63, 3.8) is 0 Å². The summed E-state index contributed by atoms with van der Waals surface area (Å²) in [7, 11) is 0. The van der Waals surface area contributed by atoms with Gasteiger partial charge in [-0.05, 0) is 22.0 Å². The maximum absolute atomic E-state index is 8.35. The summed E-state index contributed by atoms with van der Waals surface area (Å²) in [6.07, 6.45) is 0. The van der Waals surface area contributed by atoms with E-state index < -0.39 is 0 Å². The van der Waals surface area contributed by atoms with Crippen molar-refractivity contribution in [1.82, 2.24) is 0 Å². The molecule has 0 aromatic heterocycles. The molecule has 0 unspecified atom stereocenters. The Bertz CT molecular complexity index is 436. The average Bonchev–Trinajstić information content (AvgIpc) is 2.74. The Balaban J connectivity index is 2.14. The van der Waals surface area contributed by atoms with E-state index in [0.717, 1.165) is 4.47 Å². The second-order valence-corrected chi connectivity index (χ2v) is 3.87. The minimum Gasteiger partial charge on any atom is -0.485 e. The summed E-state index contributed by atoms with van der Waals surface area (Å²) in [5.74, 6) is 1.79. The summed E-state index contributed by atoms with van der Waals surface area (Å²) in [4.78, 5) is 0. The number of benzene rings is 1. The third kappa shape index (κ3) is 2.13. The molecule has 1 aliphatic heterocycles. The topological polar surface area (TPSA) is 86.3 Å². The highest BCUT2D eigenvalue weighted by molar-refractivity contribution is 9.10. The van der Waals surface area contributed by atoms with Gasteiger partial charge in [-0.2, -0.15) is 0 Å². The lowest BCUT2D eigenvalue weighted by molar-refractivity contribution is 0.173. The van der Waals surface area contributed by atoms with Gasteiger partial charge in [-0.3, -0.25) is 0 Å². The van der Waals surface area contributed by atoms with Crippen molar-refractivity contribution < 1.29 is 19.4 Å². The highest BCUT2D eigenvalue weighted by Gasteiger charge is 2.18. The van der Waals surface area contributed by atoms with Crippen molar-refractivity contribution in [2.45, 2.75) is 0 Å². The number of nitrogens with zero attached hydrogens (tertiary/aromatic N) is 1. The molecule has 1 aliphatic rings. The molecular weight excluding hydrogens is 280 g/mol. The molecule has 7 heteroatoms. The molecule has 1 heterocycles. The third-order valence-electron chi connectivity index (χ3n) is 1.92. The van der Waals surface area contributed by atoms with Crippen LogP contribution in [0.1, 0.15) is 0 Å². The molecule has 0 fully saturated rings. The first-order valence-electron chi connectivity index (χ1n) is 4.39. The average molecular weight is 289 g/mol. The van der Waals surface area contributed by atoms with E-state index in [2.05, 4.69) is 21.1 Å². The van der Waals surface area contributed by atoms with Crippen molar-refractivity contribution in [3.05, 3.63) is 16.6 Å². The Labute approximate surface area is 99.7 Å². The zero-order valence-corrected chi connectivity index (χ0v) is 9.73. The number of amidine groups is 1. The first-order valence-corrected chi connectivity index (χ1v) is 5.18. The molecule has 3 N–H and O–H groups in total. The Morgan fingerprint density at radius 3 is 3.12 bits per heavy atom. The monoisotopic (exact) mass is 288 g/mol. The molecule has 0 radical (unpaired) electrons. The van der Waals surface area contributed by atoms with Crippen LogP contribution < -0.4 is 19.9 Å². The molecule has 1 aromatic rings. The third-order valence-corrected chi connectivity index (χ3v) is 2.50. The fourth-order valence-electron chi connectivity index (χ4n) is 1.21. The summed E-state index contributed by atoms with van der Waals surface area (Å²) in [6.45, 7) is 0.195. The van der Waals surface area contributed by atoms with E-state index >= 15 is 0 Å². The Kier molecular flexibility index (Phi) is 3.04. The molecule has 0 amide bonds. The van der Waals surface area contributed by atoms with Gasteiger partial charge in [-0.25, -0.2) is 0 Å². The second-order valence-electron chi connectivity index (χ2n) is 3.02. The summed E-state index contributed by atoms with van der Waals surface area (Å²) >= 11 is 3.33. The number of hydrogen-bond acceptors (Lipinski definition) is 5. The molecule has 1 aromatic carbocycles. The Morgan fingerprint density at radius 2 is 2.38 bits per heavy atom. The van der Waals surface area contributed by atoms with E-state index in [9.17, 15) is 0 Å². The van der Waals surface area contributed by atoms with E-state index in [1.165, 1.54) is 0 Å². The lowest BCUT2D eigenvalue weighted by Crippen LogP contribution is -2.20. The number of rotatable bonds is 3. The summed E-state index contributed by atoms with van der Waals surface area (Å²) in [5.41, 5.74) is 5.28. The van der Waals surface area contributed by atoms with Crippen LogP contribution in [0.2, 0.25) is 0 Å². The van der Waals surface area contributed by atoms with Crippen LogP contribution in [-0.4, -0.2) is 24.4 Å². The summed E-state index contributed by atoms with van der Waals surface area (Å²) in [5, 5.41) is 11.2. The van der Waals surface area contributed by atoms with Crippen LogP contribution in [0.3, 0.4) is 0 Å². The van der Waals surface area contributed by atoms with Crippen molar-refractivity contribution in [2.75, 3.05) is 13.4 Å². The van der Waals surface area contributed by atoms with Crippen molar-refractivity contribution in [3.8, 4) is 17.2 Å². The molecule has 86 valence electrons. The second kappa shape index (κ2) is 4.48. The van der Waals surface area contributed by atoms with Gasteiger partial charge in [0.05, 0.1) is 4.47 Å². The van der Waals surface area contributed by atoms with Gasteiger partial charge >= 0.3 is 0 Å². The van der Waals surface area contributed by atoms with Crippen LogP contribution in [0.5, 0.6) is 17.2 Å². The standard InChI is InChI=1S/C9H9BrN2O4/c10-6-1-5(14-3-8(11)12-13)2-7-9(6)16-4-15-7/h1-2,13H,3-4H2,(H2,11,12). The molecular formula is C9H9BrN2O4. The molecule has 2 rings (SSSR count). The van der Waals surface area contributed by atoms with Gasteiger partial charge in [-0.1, -0.05) is 5.16 Å². The molecule has 0 spiro atoms. The van der Waals surface area contributed by atoms with Crippen LogP contribution in [0, 0.1) is 0 Å². The molecule has 0 saturated heterocycles. The summed E-state index contributed by atoms with van der Waals surface area (Å²) < 4.78 is 16.4. The van der Waals surface area contributed by atoms with Crippen LogP contribution >= 0.6 is 15.9 Å².